The van der Waals surface area contributed by atoms with Crippen LogP contribution in [0.25, 0.3) is 0 Å². The summed E-state index contributed by atoms with van der Waals surface area (Å²) in [5.74, 6) is -0.132. The Morgan fingerprint density at radius 1 is 1.04 bits per heavy atom. The minimum atomic E-state index is -3.34. The standard InChI is InChI=1S/C19H22N2O3S/c1-20-11-12-21(18(14-20)15-7-4-3-5-8-15)19(22)16-9-6-10-17(13-16)25(2,23)24/h3-10,13,18H,11-12,14H2,1-2H3. The normalized spacial score (nSPS) is 19.0. The van der Waals surface area contributed by atoms with Crippen LogP contribution in [0.2, 0.25) is 0 Å². The maximum absolute atomic E-state index is 13.1. The molecule has 0 aromatic heterocycles. The molecule has 0 radical (unpaired) electrons. The van der Waals surface area contributed by atoms with Crippen molar-refractivity contribution in [3.8, 4) is 0 Å². The van der Waals surface area contributed by atoms with E-state index in [0.717, 1.165) is 24.9 Å². The van der Waals surface area contributed by atoms with Gasteiger partial charge in [-0.3, -0.25) is 4.79 Å². The number of hydrogen-bond donors (Lipinski definition) is 0. The fourth-order valence-corrected chi connectivity index (χ4v) is 3.82. The highest BCUT2D eigenvalue weighted by atomic mass is 32.2. The predicted octanol–water partition coefficient (Wildman–Crippen LogP) is 2.22. The van der Waals surface area contributed by atoms with E-state index in [9.17, 15) is 13.2 Å². The summed E-state index contributed by atoms with van der Waals surface area (Å²) in [6.45, 7) is 2.15. The predicted molar refractivity (Wildman–Crippen MR) is 97.3 cm³/mol. The number of piperazine rings is 1. The average Bonchev–Trinajstić information content (AvgIpc) is 2.61. The van der Waals surface area contributed by atoms with Crippen LogP contribution in [-0.4, -0.2) is 57.1 Å². The molecule has 1 amide bonds. The van der Waals surface area contributed by atoms with Gasteiger partial charge in [0.25, 0.3) is 5.91 Å². The van der Waals surface area contributed by atoms with Crippen LogP contribution in [-0.2, 0) is 9.84 Å². The van der Waals surface area contributed by atoms with Crippen molar-refractivity contribution in [1.29, 1.82) is 0 Å². The van der Waals surface area contributed by atoms with Crippen molar-refractivity contribution in [1.82, 2.24) is 9.80 Å². The third kappa shape index (κ3) is 3.91. The molecule has 0 spiro atoms. The molecule has 5 nitrogen and oxygen atoms in total. The third-order valence-electron chi connectivity index (χ3n) is 4.54. The van der Waals surface area contributed by atoms with Gasteiger partial charge in [0, 0.05) is 31.5 Å². The lowest BCUT2D eigenvalue weighted by Gasteiger charge is -2.40. The largest absolute Gasteiger partial charge is 0.329 e. The van der Waals surface area contributed by atoms with Crippen molar-refractivity contribution < 1.29 is 13.2 Å². The Morgan fingerprint density at radius 2 is 1.76 bits per heavy atom. The van der Waals surface area contributed by atoms with Gasteiger partial charge in [-0.25, -0.2) is 8.42 Å². The number of carbonyl (C=O) groups excluding carboxylic acids is 1. The van der Waals surface area contributed by atoms with E-state index in [1.54, 1.807) is 12.1 Å². The second kappa shape index (κ2) is 6.98. The zero-order valence-corrected chi connectivity index (χ0v) is 15.2. The monoisotopic (exact) mass is 358 g/mol. The topological polar surface area (TPSA) is 57.7 Å². The molecular formula is C19H22N2O3S. The second-order valence-corrected chi connectivity index (χ2v) is 8.50. The van der Waals surface area contributed by atoms with Crippen LogP contribution in [0.1, 0.15) is 22.0 Å². The minimum Gasteiger partial charge on any atom is -0.329 e. The molecule has 1 saturated heterocycles. The molecule has 25 heavy (non-hydrogen) atoms. The maximum Gasteiger partial charge on any atom is 0.254 e. The molecule has 1 aliphatic heterocycles. The molecule has 6 heteroatoms. The molecule has 132 valence electrons. The molecule has 1 fully saturated rings. The minimum absolute atomic E-state index is 0.0469. The van der Waals surface area contributed by atoms with Gasteiger partial charge in [0.1, 0.15) is 0 Å². The summed E-state index contributed by atoms with van der Waals surface area (Å²) >= 11 is 0. The summed E-state index contributed by atoms with van der Waals surface area (Å²) in [6, 6.07) is 16.2. The van der Waals surface area contributed by atoms with Crippen LogP contribution in [0.15, 0.2) is 59.5 Å². The highest BCUT2D eigenvalue weighted by Crippen LogP contribution is 2.27. The first-order chi connectivity index (χ1) is 11.9. The number of amides is 1. The van der Waals surface area contributed by atoms with Gasteiger partial charge in [0.2, 0.25) is 0 Å². The molecule has 1 unspecified atom stereocenters. The molecule has 2 aromatic carbocycles. The number of hydrogen-bond acceptors (Lipinski definition) is 4. The molecule has 1 heterocycles. The number of nitrogens with zero attached hydrogens (tertiary/aromatic N) is 2. The smallest absolute Gasteiger partial charge is 0.254 e. The molecule has 1 atom stereocenters. The van der Waals surface area contributed by atoms with Crippen molar-refractivity contribution in [2.24, 2.45) is 0 Å². The van der Waals surface area contributed by atoms with E-state index >= 15 is 0 Å². The summed E-state index contributed by atoms with van der Waals surface area (Å²) < 4.78 is 23.6. The van der Waals surface area contributed by atoms with Gasteiger partial charge in [-0.05, 0) is 30.8 Å². The van der Waals surface area contributed by atoms with Crippen molar-refractivity contribution in [2.75, 3.05) is 32.9 Å². The third-order valence-corrected chi connectivity index (χ3v) is 5.65. The maximum atomic E-state index is 13.1. The molecule has 3 rings (SSSR count). The van der Waals surface area contributed by atoms with Crippen molar-refractivity contribution in [3.63, 3.8) is 0 Å². The second-order valence-electron chi connectivity index (χ2n) is 6.49. The Bertz CT molecular complexity index is 865. The van der Waals surface area contributed by atoms with Gasteiger partial charge in [-0.2, -0.15) is 0 Å². The highest BCUT2D eigenvalue weighted by molar-refractivity contribution is 7.90. The zero-order valence-electron chi connectivity index (χ0n) is 14.4. The van der Waals surface area contributed by atoms with Crippen molar-refractivity contribution in [2.45, 2.75) is 10.9 Å². The highest BCUT2D eigenvalue weighted by Gasteiger charge is 2.31. The average molecular weight is 358 g/mol. The molecule has 1 aliphatic rings. The Morgan fingerprint density at radius 3 is 2.44 bits per heavy atom. The Balaban J connectivity index is 1.94. The van der Waals surface area contributed by atoms with Gasteiger partial charge < -0.3 is 9.80 Å². The van der Waals surface area contributed by atoms with E-state index in [1.807, 2.05) is 42.3 Å². The summed E-state index contributed by atoms with van der Waals surface area (Å²) in [5, 5.41) is 0. The number of sulfone groups is 1. The van der Waals surface area contributed by atoms with E-state index in [1.165, 1.54) is 12.1 Å². The summed E-state index contributed by atoms with van der Waals surface area (Å²) in [4.78, 5) is 17.3. The first kappa shape index (κ1) is 17.6. The van der Waals surface area contributed by atoms with Crippen molar-refractivity contribution >= 4 is 15.7 Å². The van der Waals surface area contributed by atoms with Crippen LogP contribution >= 0.6 is 0 Å². The van der Waals surface area contributed by atoms with Crippen LogP contribution in [0, 0.1) is 0 Å². The number of carbonyl (C=O) groups is 1. The SMILES string of the molecule is CN1CCN(C(=O)c2cccc(S(C)(=O)=O)c2)C(c2ccccc2)C1. The molecule has 0 saturated carbocycles. The molecule has 0 N–H and O–H groups in total. The van der Waals surface area contributed by atoms with Crippen LogP contribution in [0.5, 0.6) is 0 Å². The summed E-state index contributed by atoms with van der Waals surface area (Å²) in [5.41, 5.74) is 1.50. The van der Waals surface area contributed by atoms with E-state index in [0.29, 0.717) is 12.1 Å². The lowest BCUT2D eigenvalue weighted by atomic mass is 10.0. The molecule has 0 bridgehead atoms. The zero-order chi connectivity index (χ0) is 18.0. The first-order valence-electron chi connectivity index (χ1n) is 8.21. The van der Waals surface area contributed by atoms with Crippen LogP contribution in [0.3, 0.4) is 0 Å². The van der Waals surface area contributed by atoms with E-state index in [4.69, 9.17) is 0 Å². The Kier molecular flexibility index (Phi) is 4.92. The van der Waals surface area contributed by atoms with E-state index < -0.39 is 9.84 Å². The van der Waals surface area contributed by atoms with Crippen LogP contribution < -0.4 is 0 Å². The summed E-state index contributed by atoms with van der Waals surface area (Å²) in [6.07, 6.45) is 1.15. The van der Waals surface area contributed by atoms with E-state index in [2.05, 4.69) is 4.90 Å². The molecule has 0 aliphatic carbocycles. The number of rotatable bonds is 3. The first-order valence-corrected chi connectivity index (χ1v) is 10.1. The van der Waals surface area contributed by atoms with Gasteiger partial charge in [0.05, 0.1) is 10.9 Å². The fourth-order valence-electron chi connectivity index (χ4n) is 3.15. The number of benzene rings is 2. The van der Waals surface area contributed by atoms with Gasteiger partial charge in [0.15, 0.2) is 9.84 Å². The van der Waals surface area contributed by atoms with Crippen molar-refractivity contribution in [3.05, 3.63) is 65.7 Å². The summed E-state index contributed by atoms with van der Waals surface area (Å²) in [7, 11) is -1.30. The number of likely N-dealkylation sites (N-methyl/N-ethyl adjacent to an activating group) is 1. The molecular weight excluding hydrogens is 336 g/mol. The fraction of sp³-hybridized carbons (Fsp3) is 0.316. The quantitative estimate of drug-likeness (QED) is 0.844. The Labute approximate surface area is 148 Å². The van der Waals surface area contributed by atoms with Gasteiger partial charge in [-0.1, -0.05) is 36.4 Å². The molecule has 2 aromatic rings. The Hall–Kier alpha value is -2.18. The van der Waals surface area contributed by atoms with Gasteiger partial charge in [-0.15, -0.1) is 0 Å². The lowest BCUT2D eigenvalue weighted by molar-refractivity contribution is 0.0498. The van der Waals surface area contributed by atoms with Gasteiger partial charge >= 0.3 is 0 Å². The van der Waals surface area contributed by atoms with E-state index in [-0.39, 0.29) is 16.8 Å². The lowest BCUT2D eigenvalue weighted by Crippen LogP contribution is -2.49. The van der Waals surface area contributed by atoms with Crippen LogP contribution in [0.4, 0.5) is 0 Å².